The van der Waals surface area contributed by atoms with Crippen LogP contribution < -0.4 is 10.1 Å². The minimum Gasteiger partial charge on any atom is -0.435 e. The topological polar surface area (TPSA) is 41.6 Å². The lowest BCUT2D eigenvalue weighted by Crippen LogP contribution is -2.37. The number of rotatable bonds is 9. The Kier molecular flexibility index (Phi) is 7.32. The third kappa shape index (κ3) is 6.37. The summed E-state index contributed by atoms with van der Waals surface area (Å²) >= 11 is 1.65. The normalized spacial score (nSPS) is 12.2. The van der Waals surface area contributed by atoms with Crippen LogP contribution in [0.25, 0.3) is 0 Å². The van der Waals surface area contributed by atoms with Gasteiger partial charge in [-0.3, -0.25) is 9.69 Å². The van der Waals surface area contributed by atoms with E-state index in [1.165, 1.54) is 17.0 Å². The van der Waals surface area contributed by atoms with E-state index in [0.717, 1.165) is 11.1 Å². The van der Waals surface area contributed by atoms with E-state index >= 15 is 0 Å². The molecule has 0 radical (unpaired) electrons. The molecule has 0 aliphatic rings. The second-order valence-corrected chi connectivity index (χ2v) is 7.64. The lowest BCUT2D eigenvalue weighted by Gasteiger charge is -2.22. The number of likely N-dealkylation sites (N-methyl/N-ethyl adjacent to an activating group) is 1. The molecule has 0 aliphatic heterocycles. The van der Waals surface area contributed by atoms with E-state index in [0.29, 0.717) is 6.54 Å². The van der Waals surface area contributed by atoms with E-state index in [4.69, 9.17) is 0 Å². The van der Waals surface area contributed by atoms with Crippen LogP contribution in [0.5, 0.6) is 5.75 Å². The van der Waals surface area contributed by atoms with Crippen molar-refractivity contribution in [3.05, 3.63) is 88.1 Å². The van der Waals surface area contributed by atoms with Gasteiger partial charge in [0, 0.05) is 11.4 Å². The molecular weight excluding hydrogens is 394 g/mol. The highest BCUT2D eigenvalue weighted by Crippen LogP contribution is 2.25. The molecule has 0 spiro atoms. The number of alkyl halides is 2. The Morgan fingerprint density at radius 2 is 1.72 bits per heavy atom. The van der Waals surface area contributed by atoms with Crippen LogP contribution in [0.4, 0.5) is 8.78 Å². The molecule has 29 heavy (non-hydrogen) atoms. The number of thiophene rings is 1. The summed E-state index contributed by atoms with van der Waals surface area (Å²) in [5.41, 5.74) is 1.69. The van der Waals surface area contributed by atoms with Crippen LogP contribution >= 0.6 is 11.3 Å². The number of nitrogens with one attached hydrogen (secondary N) is 1. The number of hydrogen-bond donors (Lipinski definition) is 1. The number of amides is 1. The van der Waals surface area contributed by atoms with Gasteiger partial charge in [0.15, 0.2) is 0 Å². The molecule has 1 amide bonds. The van der Waals surface area contributed by atoms with Crippen molar-refractivity contribution in [1.82, 2.24) is 10.2 Å². The summed E-state index contributed by atoms with van der Waals surface area (Å²) in [6, 6.07) is 19.5. The van der Waals surface area contributed by atoms with Gasteiger partial charge in [-0.1, -0.05) is 48.5 Å². The van der Waals surface area contributed by atoms with Gasteiger partial charge < -0.3 is 10.1 Å². The maximum Gasteiger partial charge on any atom is 0.387 e. The highest BCUT2D eigenvalue weighted by Gasteiger charge is 2.18. The van der Waals surface area contributed by atoms with Gasteiger partial charge in [0.1, 0.15) is 5.75 Å². The van der Waals surface area contributed by atoms with Gasteiger partial charge in [0.2, 0.25) is 5.91 Å². The van der Waals surface area contributed by atoms with Gasteiger partial charge in [-0.15, -0.1) is 11.3 Å². The van der Waals surface area contributed by atoms with E-state index in [1.54, 1.807) is 23.5 Å². The Balaban J connectivity index is 1.71. The van der Waals surface area contributed by atoms with Crippen LogP contribution in [0, 0.1) is 0 Å². The summed E-state index contributed by atoms with van der Waals surface area (Å²) in [5.74, 6) is -0.0385. The summed E-state index contributed by atoms with van der Waals surface area (Å²) in [5, 5.41) is 5.06. The number of benzene rings is 2. The Morgan fingerprint density at radius 3 is 2.34 bits per heavy atom. The molecule has 1 atom stereocenters. The van der Waals surface area contributed by atoms with Gasteiger partial charge in [0.25, 0.3) is 0 Å². The molecule has 2 aromatic carbocycles. The molecule has 0 aliphatic carbocycles. The van der Waals surface area contributed by atoms with Crippen LogP contribution in [0.15, 0.2) is 72.1 Å². The lowest BCUT2D eigenvalue weighted by atomic mass is 9.98. The average molecular weight is 416 g/mol. The fourth-order valence-electron chi connectivity index (χ4n) is 3.02. The maximum absolute atomic E-state index is 12.7. The monoisotopic (exact) mass is 416 g/mol. The Hall–Kier alpha value is -2.77. The molecule has 0 fully saturated rings. The molecule has 7 heteroatoms. The van der Waals surface area contributed by atoms with Crippen molar-refractivity contribution in [2.75, 3.05) is 13.6 Å². The summed E-state index contributed by atoms with van der Waals surface area (Å²) in [6.07, 6.45) is 0. The zero-order valence-electron chi connectivity index (χ0n) is 15.9. The second-order valence-electron chi connectivity index (χ2n) is 6.61. The highest BCUT2D eigenvalue weighted by molar-refractivity contribution is 7.09. The van der Waals surface area contributed by atoms with Crippen molar-refractivity contribution in [1.29, 1.82) is 0 Å². The highest BCUT2D eigenvalue weighted by atomic mass is 32.1. The number of halogens is 2. The fourth-order valence-corrected chi connectivity index (χ4v) is 3.81. The first-order valence-corrected chi connectivity index (χ1v) is 9.99. The smallest absolute Gasteiger partial charge is 0.387 e. The van der Waals surface area contributed by atoms with E-state index in [2.05, 4.69) is 10.1 Å². The molecule has 3 rings (SSSR count). The van der Waals surface area contributed by atoms with Crippen molar-refractivity contribution in [3.8, 4) is 5.75 Å². The first-order chi connectivity index (χ1) is 14.0. The molecule has 1 aromatic heterocycles. The molecule has 1 N–H and O–H groups in total. The van der Waals surface area contributed by atoms with Crippen LogP contribution in [0.1, 0.15) is 22.0 Å². The zero-order valence-corrected chi connectivity index (χ0v) is 16.7. The van der Waals surface area contributed by atoms with Gasteiger partial charge in [-0.2, -0.15) is 8.78 Å². The molecule has 3 aromatic rings. The summed E-state index contributed by atoms with van der Waals surface area (Å²) in [6.45, 7) is -1.93. The molecule has 4 nitrogen and oxygen atoms in total. The largest absolute Gasteiger partial charge is 0.435 e. The van der Waals surface area contributed by atoms with Crippen molar-refractivity contribution in [2.45, 2.75) is 19.2 Å². The van der Waals surface area contributed by atoms with E-state index < -0.39 is 6.61 Å². The Labute approximate surface area is 172 Å². The fraction of sp³-hybridized carbons (Fsp3) is 0.227. The third-order valence-electron chi connectivity index (χ3n) is 4.30. The Morgan fingerprint density at radius 1 is 1.03 bits per heavy atom. The van der Waals surface area contributed by atoms with Crippen LogP contribution in [-0.2, 0) is 11.3 Å². The maximum atomic E-state index is 12.7. The first kappa shape index (κ1) is 21.0. The van der Waals surface area contributed by atoms with Crippen molar-refractivity contribution >= 4 is 17.2 Å². The van der Waals surface area contributed by atoms with E-state index in [9.17, 15) is 13.6 Å². The molecule has 0 saturated carbocycles. The molecule has 0 unspecified atom stereocenters. The minimum atomic E-state index is -2.87. The zero-order chi connectivity index (χ0) is 20.6. The number of hydrogen-bond acceptors (Lipinski definition) is 4. The summed E-state index contributed by atoms with van der Waals surface area (Å²) in [7, 11) is 1.90. The second kappa shape index (κ2) is 10.1. The number of carbonyl (C=O) groups is 1. The molecule has 1 heterocycles. The third-order valence-corrected chi connectivity index (χ3v) is 5.16. The number of carbonyl (C=O) groups excluding carboxylic acids is 1. The first-order valence-electron chi connectivity index (χ1n) is 9.11. The van der Waals surface area contributed by atoms with E-state index in [1.807, 2.05) is 59.8 Å². The SMILES string of the molecule is CN(CC(=O)N[C@H](c1ccccc1)c1ccc(OC(F)F)cc1)Cc1cccs1. The number of nitrogens with zero attached hydrogens (tertiary/aromatic N) is 1. The molecule has 0 saturated heterocycles. The van der Waals surface area contributed by atoms with Crippen molar-refractivity contribution in [2.24, 2.45) is 0 Å². The van der Waals surface area contributed by atoms with Gasteiger partial charge in [0.05, 0.1) is 12.6 Å². The molecule has 0 bridgehead atoms. The van der Waals surface area contributed by atoms with Crippen LogP contribution in [0.2, 0.25) is 0 Å². The quantitative estimate of drug-likeness (QED) is 0.550. The van der Waals surface area contributed by atoms with Crippen molar-refractivity contribution in [3.63, 3.8) is 0 Å². The average Bonchev–Trinajstić information content (AvgIpc) is 3.20. The van der Waals surface area contributed by atoms with Gasteiger partial charge in [-0.05, 0) is 41.8 Å². The Bertz CT molecular complexity index is 887. The summed E-state index contributed by atoms with van der Waals surface area (Å²) < 4.78 is 29.2. The number of ether oxygens (including phenoxy) is 1. The van der Waals surface area contributed by atoms with Gasteiger partial charge >= 0.3 is 6.61 Å². The van der Waals surface area contributed by atoms with Gasteiger partial charge in [-0.25, -0.2) is 0 Å². The van der Waals surface area contributed by atoms with Crippen molar-refractivity contribution < 1.29 is 18.3 Å². The van der Waals surface area contributed by atoms with Crippen LogP contribution in [-0.4, -0.2) is 31.0 Å². The lowest BCUT2D eigenvalue weighted by molar-refractivity contribution is -0.122. The molecule has 152 valence electrons. The molecular formula is C22H22F2N2O2S. The predicted molar refractivity (Wildman–Crippen MR) is 110 cm³/mol. The van der Waals surface area contributed by atoms with E-state index in [-0.39, 0.29) is 24.2 Å². The van der Waals surface area contributed by atoms with Crippen LogP contribution in [0.3, 0.4) is 0 Å². The minimum absolute atomic E-state index is 0.0811. The summed E-state index contributed by atoms with van der Waals surface area (Å²) in [4.78, 5) is 15.8. The predicted octanol–water partition coefficient (Wildman–Crippen LogP) is 4.69. The standard InChI is InChI=1S/C22H22F2N2O2S/c1-26(14-19-8-5-13-29-19)15-20(27)25-21(16-6-3-2-4-7-16)17-9-11-18(12-10-17)28-22(23)24/h2-13,21-22H,14-15H2,1H3,(H,25,27)/t21-/m1/s1.